The van der Waals surface area contributed by atoms with Gasteiger partial charge in [-0.25, -0.2) is 4.79 Å². The third-order valence-corrected chi connectivity index (χ3v) is 4.27. The van der Waals surface area contributed by atoms with E-state index >= 15 is 0 Å². The summed E-state index contributed by atoms with van der Waals surface area (Å²) in [4.78, 5) is 35.9. The molecule has 0 saturated carbocycles. The normalized spacial score (nSPS) is 10.1. The molecule has 3 rings (SSSR count). The van der Waals surface area contributed by atoms with Gasteiger partial charge in [0.25, 0.3) is 11.8 Å². The van der Waals surface area contributed by atoms with Crippen LogP contribution in [0, 0.1) is 0 Å². The maximum atomic E-state index is 12.3. The fourth-order valence-corrected chi connectivity index (χ4v) is 2.66. The van der Waals surface area contributed by atoms with Gasteiger partial charge < -0.3 is 15.4 Å². The van der Waals surface area contributed by atoms with E-state index in [1.807, 2.05) is 6.07 Å². The average Bonchev–Trinajstić information content (AvgIpc) is 2.78. The molecule has 2 N–H and O–H groups in total. The van der Waals surface area contributed by atoms with Gasteiger partial charge in [0, 0.05) is 23.4 Å². The van der Waals surface area contributed by atoms with Crippen molar-refractivity contribution in [2.45, 2.75) is 6.54 Å². The molecule has 2 amide bonds. The van der Waals surface area contributed by atoms with Crippen LogP contribution in [0.2, 0.25) is 0 Å². The zero-order valence-electron chi connectivity index (χ0n) is 15.8. The highest BCUT2D eigenvalue weighted by atomic mass is 16.5. The van der Waals surface area contributed by atoms with Gasteiger partial charge in [0.2, 0.25) is 0 Å². The second kappa shape index (κ2) is 9.32. The Bertz CT molecular complexity index is 997. The second-order valence-corrected chi connectivity index (χ2v) is 6.27. The highest BCUT2D eigenvalue weighted by Crippen LogP contribution is 2.12. The maximum Gasteiger partial charge on any atom is 0.337 e. The van der Waals surface area contributed by atoms with Crippen LogP contribution in [0.1, 0.15) is 36.6 Å². The summed E-state index contributed by atoms with van der Waals surface area (Å²) < 4.78 is 4.66. The molecule has 146 valence electrons. The summed E-state index contributed by atoms with van der Waals surface area (Å²) in [5.41, 5.74) is 2.96. The molecule has 0 aliphatic heterocycles. The molecular weight excluding hydrogens is 368 g/mol. The molecule has 0 aliphatic carbocycles. The predicted octanol–water partition coefficient (Wildman–Crippen LogP) is 3.66. The van der Waals surface area contributed by atoms with E-state index in [0.29, 0.717) is 28.9 Å². The van der Waals surface area contributed by atoms with Crippen molar-refractivity contribution in [3.05, 3.63) is 101 Å². The average molecular weight is 388 g/mol. The first-order chi connectivity index (χ1) is 14.1. The molecule has 3 aromatic carbocycles. The summed E-state index contributed by atoms with van der Waals surface area (Å²) >= 11 is 0. The van der Waals surface area contributed by atoms with Crippen molar-refractivity contribution in [2.24, 2.45) is 0 Å². The minimum Gasteiger partial charge on any atom is -0.465 e. The zero-order valence-corrected chi connectivity index (χ0v) is 15.8. The quantitative estimate of drug-likeness (QED) is 0.631. The van der Waals surface area contributed by atoms with Crippen molar-refractivity contribution in [2.75, 3.05) is 12.4 Å². The van der Waals surface area contributed by atoms with Crippen molar-refractivity contribution in [3.63, 3.8) is 0 Å². The third kappa shape index (κ3) is 5.29. The highest BCUT2D eigenvalue weighted by molar-refractivity contribution is 6.04. The molecule has 0 unspecified atom stereocenters. The number of carbonyl (C=O) groups is 3. The Morgan fingerprint density at radius 1 is 0.724 bits per heavy atom. The Kier molecular flexibility index (Phi) is 6.37. The topological polar surface area (TPSA) is 84.5 Å². The number of amides is 2. The number of rotatable bonds is 6. The Hall–Kier alpha value is -3.93. The molecule has 0 bridgehead atoms. The van der Waals surface area contributed by atoms with Gasteiger partial charge in [0.15, 0.2) is 0 Å². The van der Waals surface area contributed by atoms with Gasteiger partial charge in [0.05, 0.1) is 12.7 Å². The molecule has 0 aliphatic rings. The summed E-state index contributed by atoms with van der Waals surface area (Å²) in [6.45, 7) is 0.326. The highest BCUT2D eigenvalue weighted by Gasteiger charge is 2.09. The standard InChI is InChI=1S/C23H20N2O4/c1-29-23(28)19-9-7-16(8-10-19)15-24-21(26)18-11-13-20(14-12-18)25-22(27)17-5-3-2-4-6-17/h2-14H,15H2,1H3,(H,24,26)(H,25,27). The fourth-order valence-electron chi connectivity index (χ4n) is 2.66. The monoisotopic (exact) mass is 388 g/mol. The smallest absolute Gasteiger partial charge is 0.337 e. The molecule has 0 fully saturated rings. The van der Waals surface area contributed by atoms with Crippen molar-refractivity contribution in [1.82, 2.24) is 5.32 Å². The summed E-state index contributed by atoms with van der Waals surface area (Å²) in [5.74, 6) is -0.846. The van der Waals surface area contributed by atoms with Crippen molar-refractivity contribution in [1.29, 1.82) is 0 Å². The molecule has 0 heterocycles. The minimum atomic E-state index is -0.403. The Labute approximate surface area is 168 Å². The van der Waals surface area contributed by atoms with Gasteiger partial charge in [-0.3, -0.25) is 9.59 Å². The summed E-state index contributed by atoms with van der Waals surface area (Å²) in [6.07, 6.45) is 0. The first kappa shape index (κ1) is 19.8. The molecule has 0 radical (unpaired) electrons. The van der Waals surface area contributed by atoms with E-state index in [0.717, 1.165) is 5.56 Å². The van der Waals surface area contributed by atoms with E-state index in [1.54, 1.807) is 72.8 Å². The van der Waals surface area contributed by atoms with Gasteiger partial charge >= 0.3 is 5.97 Å². The van der Waals surface area contributed by atoms with Gasteiger partial charge in [-0.15, -0.1) is 0 Å². The van der Waals surface area contributed by atoms with Crippen molar-refractivity contribution >= 4 is 23.5 Å². The molecule has 6 nitrogen and oxygen atoms in total. The number of esters is 1. The van der Waals surface area contributed by atoms with E-state index < -0.39 is 5.97 Å². The van der Waals surface area contributed by atoms with Crippen LogP contribution < -0.4 is 10.6 Å². The predicted molar refractivity (Wildman–Crippen MR) is 110 cm³/mol. The molecule has 3 aromatic rings. The number of methoxy groups -OCH3 is 1. The van der Waals surface area contributed by atoms with Gasteiger partial charge in [-0.05, 0) is 54.1 Å². The summed E-state index contributed by atoms with van der Waals surface area (Å²) in [5, 5.41) is 5.61. The van der Waals surface area contributed by atoms with Gasteiger partial charge in [0.1, 0.15) is 0 Å². The summed E-state index contributed by atoms with van der Waals surface area (Å²) in [7, 11) is 1.33. The molecular formula is C23H20N2O4. The molecule has 0 aromatic heterocycles. The van der Waals surface area contributed by atoms with Crippen LogP contribution in [0.4, 0.5) is 5.69 Å². The van der Waals surface area contributed by atoms with Crippen LogP contribution >= 0.6 is 0 Å². The Balaban J connectivity index is 1.55. The van der Waals surface area contributed by atoms with E-state index in [2.05, 4.69) is 15.4 Å². The molecule has 6 heteroatoms. The van der Waals surface area contributed by atoms with Gasteiger partial charge in [-0.1, -0.05) is 30.3 Å². The largest absolute Gasteiger partial charge is 0.465 e. The van der Waals surface area contributed by atoms with Crippen LogP contribution in [0.15, 0.2) is 78.9 Å². The Morgan fingerprint density at radius 3 is 1.93 bits per heavy atom. The number of carbonyl (C=O) groups excluding carboxylic acids is 3. The van der Waals surface area contributed by atoms with Crippen LogP contribution in [0.5, 0.6) is 0 Å². The number of hydrogen-bond acceptors (Lipinski definition) is 4. The van der Waals surface area contributed by atoms with E-state index in [9.17, 15) is 14.4 Å². The number of benzene rings is 3. The lowest BCUT2D eigenvalue weighted by Gasteiger charge is -2.08. The van der Waals surface area contributed by atoms with Crippen LogP contribution in [-0.2, 0) is 11.3 Å². The number of nitrogens with one attached hydrogen (secondary N) is 2. The van der Waals surface area contributed by atoms with E-state index in [1.165, 1.54) is 7.11 Å². The lowest BCUT2D eigenvalue weighted by molar-refractivity contribution is 0.0600. The molecule has 0 atom stereocenters. The number of hydrogen-bond donors (Lipinski definition) is 2. The SMILES string of the molecule is COC(=O)c1ccc(CNC(=O)c2ccc(NC(=O)c3ccccc3)cc2)cc1. The maximum absolute atomic E-state index is 12.3. The van der Waals surface area contributed by atoms with Crippen molar-refractivity contribution < 1.29 is 19.1 Å². The number of ether oxygens (including phenoxy) is 1. The Morgan fingerprint density at radius 2 is 1.31 bits per heavy atom. The third-order valence-electron chi connectivity index (χ3n) is 4.27. The lowest BCUT2D eigenvalue weighted by atomic mass is 10.1. The van der Waals surface area contributed by atoms with Crippen LogP contribution in [-0.4, -0.2) is 24.9 Å². The number of anilines is 1. The van der Waals surface area contributed by atoms with E-state index in [-0.39, 0.29) is 11.8 Å². The van der Waals surface area contributed by atoms with E-state index in [4.69, 9.17) is 0 Å². The lowest BCUT2D eigenvalue weighted by Crippen LogP contribution is -2.22. The fraction of sp³-hybridized carbons (Fsp3) is 0.0870. The first-order valence-electron chi connectivity index (χ1n) is 8.99. The molecule has 0 saturated heterocycles. The minimum absolute atomic E-state index is 0.210. The second-order valence-electron chi connectivity index (χ2n) is 6.27. The van der Waals surface area contributed by atoms with Crippen molar-refractivity contribution in [3.8, 4) is 0 Å². The first-order valence-corrected chi connectivity index (χ1v) is 8.99. The zero-order chi connectivity index (χ0) is 20.6. The molecule has 0 spiro atoms. The van der Waals surface area contributed by atoms with Gasteiger partial charge in [-0.2, -0.15) is 0 Å². The summed E-state index contributed by atoms with van der Waals surface area (Å²) in [6, 6.07) is 22.4. The molecule has 29 heavy (non-hydrogen) atoms. The van der Waals surface area contributed by atoms with Crippen LogP contribution in [0.25, 0.3) is 0 Å². The van der Waals surface area contributed by atoms with Crippen LogP contribution in [0.3, 0.4) is 0 Å².